The number of rotatable bonds is 8. The van der Waals surface area contributed by atoms with Crippen LogP contribution in [0.3, 0.4) is 0 Å². The molecule has 3 aromatic rings. The molecule has 2 heterocycles. The summed E-state index contributed by atoms with van der Waals surface area (Å²) in [5.74, 6) is -0.138. The molecule has 9 heteroatoms. The molecule has 0 atom stereocenters. The first-order chi connectivity index (χ1) is 12.9. The zero-order valence-electron chi connectivity index (χ0n) is 15.2. The molecule has 0 unspecified atom stereocenters. The van der Waals surface area contributed by atoms with Crippen molar-refractivity contribution in [3.63, 3.8) is 0 Å². The van der Waals surface area contributed by atoms with Crippen LogP contribution >= 0.6 is 11.3 Å². The van der Waals surface area contributed by atoms with Gasteiger partial charge in [-0.25, -0.2) is 4.79 Å². The lowest BCUT2D eigenvalue weighted by Gasteiger charge is -2.17. The van der Waals surface area contributed by atoms with E-state index in [0.717, 1.165) is 35.5 Å². The van der Waals surface area contributed by atoms with Gasteiger partial charge >= 0.3 is 6.03 Å². The maximum absolute atomic E-state index is 11.6. The van der Waals surface area contributed by atoms with E-state index in [9.17, 15) is 9.59 Å². The van der Waals surface area contributed by atoms with Gasteiger partial charge in [-0.3, -0.25) is 4.79 Å². The van der Waals surface area contributed by atoms with Crippen LogP contribution in [0.1, 0.15) is 24.4 Å². The van der Waals surface area contributed by atoms with Crippen molar-refractivity contribution in [1.29, 1.82) is 0 Å². The molecule has 3 amide bonds. The number of urea groups is 1. The Kier molecular flexibility index (Phi) is 5.52. The zero-order chi connectivity index (χ0) is 19.6. The Labute approximate surface area is 160 Å². The van der Waals surface area contributed by atoms with Crippen molar-refractivity contribution in [3.05, 3.63) is 24.0 Å². The first kappa shape index (κ1) is 19.0. The second-order valence-corrected chi connectivity index (χ2v) is 7.01. The molecule has 144 valence electrons. The minimum atomic E-state index is -0.793. The van der Waals surface area contributed by atoms with Crippen LogP contribution in [0.4, 0.5) is 10.5 Å². The minimum absolute atomic E-state index is 0.114. The van der Waals surface area contributed by atoms with Gasteiger partial charge in [0.15, 0.2) is 5.58 Å². The Bertz CT molecular complexity index is 990. The monoisotopic (exact) mass is 390 g/mol. The summed E-state index contributed by atoms with van der Waals surface area (Å²) in [4.78, 5) is 25.2. The van der Waals surface area contributed by atoms with Crippen LogP contribution in [-0.2, 0) is 0 Å². The topological polar surface area (TPSA) is 124 Å². The fourth-order valence-electron chi connectivity index (χ4n) is 2.91. The second kappa shape index (κ2) is 7.85. The summed E-state index contributed by atoms with van der Waals surface area (Å²) in [7, 11) is 0. The Morgan fingerprint density at radius 3 is 2.63 bits per heavy atom. The predicted molar refractivity (Wildman–Crippen MR) is 107 cm³/mol. The second-order valence-electron chi connectivity index (χ2n) is 5.95. The van der Waals surface area contributed by atoms with Gasteiger partial charge in [0.25, 0.3) is 5.91 Å². The van der Waals surface area contributed by atoms with Gasteiger partial charge in [0.2, 0.25) is 5.76 Å². The molecule has 0 radical (unpaired) electrons. The molecule has 0 saturated carbocycles. The molecular formula is C18H22N4O4S. The van der Waals surface area contributed by atoms with Crippen molar-refractivity contribution in [2.45, 2.75) is 13.8 Å². The smallest absolute Gasteiger partial charge is 0.316 e. The minimum Gasteiger partial charge on any atom is -0.492 e. The van der Waals surface area contributed by atoms with E-state index in [1.807, 2.05) is 18.2 Å². The third-order valence-electron chi connectivity index (χ3n) is 4.32. The average molecular weight is 390 g/mol. The molecule has 0 aliphatic rings. The number of hydrogen-bond donors (Lipinski definition) is 3. The van der Waals surface area contributed by atoms with E-state index >= 15 is 0 Å². The van der Waals surface area contributed by atoms with Crippen LogP contribution < -0.4 is 21.5 Å². The van der Waals surface area contributed by atoms with E-state index in [4.69, 9.17) is 20.6 Å². The third kappa shape index (κ3) is 3.83. The van der Waals surface area contributed by atoms with E-state index < -0.39 is 11.9 Å². The molecule has 0 aliphatic carbocycles. The number of primary amides is 2. The molecule has 0 spiro atoms. The molecular weight excluding hydrogens is 368 g/mol. The number of furan rings is 1. The molecule has 0 saturated heterocycles. The summed E-state index contributed by atoms with van der Waals surface area (Å²) in [6, 6.07) is 4.83. The number of ether oxygens (including phenoxy) is 1. The van der Waals surface area contributed by atoms with E-state index in [1.165, 1.54) is 11.3 Å². The first-order valence-corrected chi connectivity index (χ1v) is 9.46. The Balaban J connectivity index is 1.91. The van der Waals surface area contributed by atoms with Crippen LogP contribution in [0, 0.1) is 0 Å². The van der Waals surface area contributed by atoms with Crippen molar-refractivity contribution in [2.75, 3.05) is 31.6 Å². The van der Waals surface area contributed by atoms with Crippen molar-refractivity contribution in [1.82, 2.24) is 4.90 Å². The first-order valence-electron chi connectivity index (χ1n) is 8.65. The quantitative estimate of drug-likeness (QED) is 0.545. The molecule has 2 aromatic heterocycles. The van der Waals surface area contributed by atoms with Crippen molar-refractivity contribution < 1.29 is 18.7 Å². The molecule has 27 heavy (non-hydrogen) atoms. The van der Waals surface area contributed by atoms with Crippen molar-refractivity contribution in [2.24, 2.45) is 11.5 Å². The number of anilines is 1. The highest BCUT2D eigenvalue weighted by Crippen LogP contribution is 2.43. The van der Waals surface area contributed by atoms with Crippen LogP contribution in [-0.4, -0.2) is 43.1 Å². The number of nitrogens with zero attached hydrogens (tertiary/aromatic N) is 1. The van der Waals surface area contributed by atoms with Crippen LogP contribution in [0.25, 0.3) is 20.4 Å². The number of amides is 3. The van der Waals surface area contributed by atoms with Crippen molar-refractivity contribution >= 4 is 49.3 Å². The number of hydrogen-bond acceptors (Lipinski definition) is 6. The van der Waals surface area contributed by atoms with Gasteiger partial charge in [-0.2, -0.15) is 0 Å². The summed E-state index contributed by atoms with van der Waals surface area (Å²) in [6.07, 6.45) is 0. The van der Waals surface area contributed by atoms with E-state index in [-0.39, 0.29) is 11.4 Å². The Morgan fingerprint density at radius 2 is 2.00 bits per heavy atom. The summed E-state index contributed by atoms with van der Waals surface area (Å²) in [5.41, 5.74) is 11.2. The molecule has 0 aliphatic heterocycles. The number of fused-ring (bicyclic) bond motifs is 3. The summed E-state index contributed by atoms with van der Waals surface area (Å²) in [5, 5.41) is 3.24. The summed E-state index contributed by atoms with van der Waals surface area (Å²) >= 11 is 1.37. The Hall–Kier alpha value is -2.78. The van der Waals surface area contributed by atoms with Gasteiger partial charge in [-0.05, 0) is 31.3 Å². The highest BCUT2D eigenvalue weighted by atomic mass is 32.1. The molecule has 5 N–H and O–H groups in total. The molecule has 3 rings (SSSR count). The van der Waals surface area contributed by atoms with E-state index in [2.05, 4.69) is 24.1 Å². The van der Waals surface area contributed by atoms with Gasteiger partial charge in [0.05, 0.1) is 4.70 Å². The van der Waals surface area contributed by atoms with E-state index in [1.54, 1.807) is 0 Å². The number of nitrogens with one attached hydrogen (secondary N) is 1. The number of likely N-dealkylation sites (N-methyl/N-ethyl adjacent to an activating group) is 1. The number of thiophene rings is 1. The van der Waals surface area contributed by atoms with Gasteiger partial charge in [0.1, 0.15) is 18.0 Å². The fourth-order valence-corrected chi connectivity index (χ4v) is 4.06. The lowest BCUT2D eigenvalue weighted by atomic mass is 10.2. The van der Waals surface area contributed by atoms with E-state index in [0.29, 0.717) is 16.9 Å². The molecule has 1 aromatic carbocycles. The van der Waals surface area contributed by atoms with Gasteiger partial charge in [-0.15, -0.1) is 11.3 Å². The summed E-state index contributed by atoms with van der Waals surface area (Å²) in [6.45, 7) is 7.65. The molecule has 0 bridgehead atoms. The van der Waals surface area contributed by atoms with Gasteiger partial charge < -0.3 is 30.8 Å². The summed E-state index contributed by atoms with van der Waals surface area (Å²) < 4.78 is 13.0. The van der Waals surface area contributed by atoms with Crippen molar-refractivity contribution in [3.8, 4) is 5.75 Å². The highest BCUT2D eigenvalue weighted by Gasteiger charge is 2.23. The lowest BCUT2D eigenvalue weighted by molar-refractivity contribution is 0.0977. The standard InChI is InChI=1S/C18H22N4O4S/c1-3-22(4-2)7-8-25-10-5-6-11-12(9-10)27-16-13(21-18(20)24)15(17(19)23)26-14(11)16/h5-6,9H,3-4,7-8H2,1-2H3,(H2,19,23)(H3,20,21,24). The number of carbonyl (C=O) groups excluding carboxylic acids is 2. The highest BCUT2D eigenvalue weighted by molar-refractivity contribution is 7.26. The fraction of sp³-hybridized carbons (Fsp3) is 0.333. The van der Waals surface area contributed by atoms with Gasteiger partial charge in [0, 0.05) is 16.6 Å². The largest absolute Gasteiger partial charge is 0.492 e. The lowest BCUT2D eigenvalue weighted by Crippen LogP contribution is -2.27. The van der Waals surface area contributed by atoms with Gasteiger partial charge in [-0.1, -0.05) is 13.8 Å². The van der Waals surface area contributed by atoms with Crippen LogP contribution in [0.15, 0.2) is 22.6 Å². The maximum Gasteiger partial charge on any atom is 0.316 e. The van der Waals surface area contributed by atoms with Crippen LogP contribution in [0.2, 0.25) is 0 Å². The molecule has 0 fully saturated rings. The maximum atomic E-state index is 11.6. The number of carbonyl (C=O) groups is 2. The van der Waals surface area contributed by atoms with Crippen LogP contribution in [0.5, 0.6) is 5.75 Å². The Morgan fingerprint density at radius 1 is 1.26 bits per heavy atom. The SMILES string of the molecule is CCN(CC)CCOc1ccc2c(c1)sc1c(NC(N)=O)c(C(N)=O)oc12. The predicted octanol–water partition coefficient (Wildman–Crippen LogP) is 2.96. The number of nitrogens with two attached hydrogens (primary N) is 2. The number of benzene rings is 1. The zero-order valence-corrected chi connectivity index (χ0v) is 16.0. The average Bonchev–Trinajstić information content (AvgIpc) is 3.15. The molecule has 8 nitrogen and oxygen atoms in total. The third-order valence-corrected chi connectivity index (χ3v) is 5.47. The normalized spacial score (nSPS) is 11.4.